The molecule has 0 aliphatic carbocycles. The van der Waals surface area contributed by atoms with Crippen molar-refractivity contribution in [1.29, 1.82) is 0 Å². The van der Waals surface area contributed by atoms with Crippen molar-refractivity contribution in [3.05, 3.63) is 28.8 Å². The van der Waals surface area contributed by atoms with Crippen molar-refractivity contribution < 1.29 is 9.53 Å². The third-order valence-corrected chi connectivity index (χ3v) is 2.31. The number of halogens is 1. The summed E-state index contributed by atoms with van der Waals surface area (Å²) < 4.78 is 5.11. The summed E-state index contributed by atoms with van der Waals surface area (Å²) in [5.74, 6) is 0.507. The Hall–Kier alpha value is -1.02. The van der Waals surface area contributed by atoms with Crippen molar-refractivity contribution in [2.24, 2.45) is 0 Å². The van der Waals surface area contributed by atoms with E-state index in [2.05, 4.69) is 0 Å². The number of ether oxygens (including phenoxy) is 1. The van der Waals surface area contributed by atoms with Crippen molar-refractivity contribution in [3.63, 3.8) is 0 Å². The molecule has 68 valence electrons. The first-order valence-corrected chi connectivity index (χ1v) is 4.62. The number of benzene rings is 1. The highest BCUT2D eigenvalue weighted by atomic mass is 35.5. The predicted molar refractivity (Wildman–Crippen MR) is 50.0 cm³/mol. The molecular weight excluding hydrogens is 188 g/mol. The molecule has 3 heteroatoms. The van der Waals surface area contributed by atoms with Crippen molar-refractivity contribution in [2.75, 3.05) is 0 Å². The molecule has 1 aliphatic heterocycles. The minimum absolute atomic E-state index is 0.152. The van der Waals surface area contributed by atoms with Crippen molar-refractivity contribution in [3.8, 4) is 5.75 Å². The second kappa shape index (κ2) is 3.38. The van der Waals surface area contributed by atoms with Crippen molar-refractivity contribution in [1.82, 2.24) is 0 Å². The molecule has 13 heavy (non-hydrogen) atoms. The Morgan fingerprint density at radius 1 is 1.31 bits per heavy atom. The molecule has 0 bridgehead atoms. The van der Waals surface area contributed by atoms with Gasteiger partial charge in [0.05, 0.1) is 0 Å². The second-order valence-electron chi connectivity index (χ2n) is 3.08. The van der Waals surface area contributed by atoms with E-state index in [1.165, 1.54) is 0 Å². The number of aryl methyl sites for hydroxylation is 1. The van der Waals surface area contributed by atoms with E-state index >= 15 is 0 Å². The molecule has 0 unspecified atom stereocenters. The predicted octanol–water partition coefficient (Wildman–Crippen LogP) is 2.58. The monoisotopic (exact) mass is 196 g/mol. The van der Waals surface area contributed by atoms with Crippen molar-refractivity contribution in [2.45, 2.75) is 19.3 Å². The van der Waals surface area contributed by atoms with Gasteiger partial charge in [-0.25, -0.2) is 0 Å². The summed E-state index contributed by atoms with van der Waals surface area (Å²) in [6, 6.07) is 5.34. The molecule has 1 aliphatic rings. The quantitative estimate of drug-likeness (QED) is 0.471. The Morgan fingerprint density at radius 3 is 3.00 bits per heavy atom. The van der Waals surface area contributed by atoms with Crippen LogP contribution in [0.3, 0.4) is 0 Å². The highest BCUT2D eigenvalue weighted by Crippen LogP contribution is 2.27. The first-order valence-electron chi connectivity index (χ1n) is 4.25. The van der Waals surface area contributed by atoms with E-state index < -0.39 is 0 Å². The third-order valence-electron chi connectivity index (χ3n) is 2.07. The molecule has 0 fully saturated rings. The molecule has 0 spiro atoms. The zero-order valence-corrected chi connectivity index (χ0v) is 7.80. The van der Waals surface area contributed by atoms with Crippen LogP contribution in [0.2, 0.25) is 5.02 Å². The smallest absolute Gasteiger partial charge is 0.311 e. The van der Waals surface area contributed by atoms with Gasteiger partial charge in [0, 0.05) is 11.4 Å². The highest BCUT2D eigenvalue weighted by molar-refractivity contribution is 6.30. The van der Waals surface area contributed by atoms with Gasteiger partial charge < -0.3 is 4.74 Å². The van der Waals surface area contributed by atoms with Gasteiger partial charge in [-0.05, 0) is 36.6 Å². The maximum Gasteiger partial charge on any atom is 0.311 e. The average Bonchev–Trinajstić information content (AvgIpc) is 2.25. The van der Waals surface area contributed by atoms with Crippen molar-refractivity contribution >= 4 is 17.6 Å². The Morgan fingerprint density at radius 2 is 2.15 bits per heavy atom. The van der Waals surface area contributed by atoms with E-state index in [1.54, 1.807) is 12.1 Å². The number of fused-ring (bicyclic) bond motifs is 1. The normalized spacial score (nSPS) is 15.9. The van der Waals surface area contributed by atoms with Crippen LogP contribution in [0.4, 0.5) is 0 Å². The summed E-state index contributed by atoms with van der Waals surface area (Å²) in [7, 11) is 0. The van der Waals surface area contributed by atoms with Crippen LogP contribution in [0, 0.1) is 0 Å². The molecule has 0 atom stereocenters. The standard InChI is InChI=1S/C10H9ClO2/c11-8-4-5-9-7(6-8)2-1-3-10(12)13-9/h4-6H,1-3H2. The Kier molecular flexibility index (Phi) is 2.23. The molecule has 0 saturated carbocycles. The molecular formula is C10H9ClO2. The van der Waals surface area contributed by atoms with E-state index in [1.807, 2.05) is 6.07 Å². The average molecular weight is 197 g/mol. The van der Waals surface area contributed by atoms with Gasteiger partial charge in [-0.2, -0.15) is 0 Å². The maximum absolute atomic E-state index is 11.1. The fourth-order valence-corrected chi connectivity index (χ4v) is 1.63. The molecule has 0 aromatic heterocycles. The number of carbonyl (C=O) groups excluding carboxylic acids is 1. The molecule has 1 heterocycles. The second-order valence-corrected chi connectivity index (χ2v) is 3.52. The molecule has 0 saturated heterocycles. The van der Waals surface area contributed by atoms with Crippen LogP contribution in [0.15, 0.2) is 18.2 Å². The first-order chi connectivity index (χ1) is 6.25. The van der Waals surface area contributed by atoms with E-state index in [0.717, 1.165) is 18.4 Å². The molecule has 2 nitrogen and oxygen atoms in total. The van der Waals surface area contributed by atoms with Gasteiger partial charge in [0.2, 0.25) is 0 Å². The Labute approximate surface area is 81.5 Å². The van der Waals surface area contributed by atoms with Gasteiger partial charge in [0.15, 0.2) is 0 Å². The SMILES string of the molecule is O=C1CCCc2cc(Cl)ccc2O1. The summed E-state index contributed by atoms with van der Waals surface area (Å²) in [5, 5.41) is 0.691. The lowest BCUT2D eigenvalue weighted by molar-refractivity contribution is -0.134. The van der Waals surface area contributed by atoms with E-state index in [9.17, 15) is 4.79 Å². The van der Waals surface area contributed by atoms with Crippen LogP contribution in [-0.2, 0) is 11.2 Å². The van der Waals surface area contributed by atoms with Gasteiger partial charge in [-0.15, -0.1) is 0 Å². The largest absolute Gasteiger partial charge is 0.426 e. The summed E-state index contributed by atoms with van der Waals surface area (Å²) in [6.07, 6.45) is 2.19. The van der Waals surface area contributed by atoms with Crippen LogP contribution in [0.5, 0.6) is 5.75 Å². The van der Waals surface area contributed by atoms with Gasteiger partial charge in [0.1, 0.15) is 5.75 Å². The number of esters is 1. The van der Waals surface area contributed by atoms with Crippen LogP contribution < -0.4 is 4.74 Å². The lowest BCUT2D eigenvalue weighted by atomic mass is 10.1. The Balaban J connectivity index is 2.40. The minimum atomic E-state index is -0.152. The summed E-state index contributed by atoms with van der Waals surface area (Å²) >= 11 is 5.83. The van der Waals surface area contributed by atoms with E-state index in [4.69, 9.17) is 16.3 Å². The minimum Gasteiger partial charge on any atom is -0.426 e. The zero-order chi connectivity index (χ0) is 9.26. The molecule has 1 aromatic carbocycles. The zero-order valence-electron chi connectivity index (χ0n) is 7.05. The third kappa shape index (κ3) is 1.83. The number of rotatable bonds is 0. The molecule has 2 rings (SSSR count). The Bertz CT molecular complexity index is 347. The summed E-state index contributed by atoms with van der Waals surface area (Å²) in [4.78, 5) is 11.1. The van der Waals surface area contributed by atoms with Crippen LogP contribution >= 0.6 is 11.6 Å². The first kappa shape index (κ1) is 8.57. The maximum atomic E-state index is 11.1. The van der Waals surface area contributed by atoms with Crippen LogP contribution in [0.1, 0.15) is 18.4 Å². The molecule has 0 radical (unpaired) electrons. The van der Waals surface area contributed by atoms with E-state index in [0.29, 0.717) is 17.2 Å². The van der Waals surface area contributed by atoms with Gasteiger partial charge >= 0.3 is 5.97 Å². The topological polar surface area (TPSA) is 26.3 Å². The van der Waals surface area contributed by atoms with Gasteiger partial charge in [0.25, 0.3) is 0 Å². The van der Waals surface area contributed by atoms with Crippen LogP contribution in [-0.4, -0.2) is 5.97 Å². The molecule has 1 aromatic rings. The highest BCUT2D eigenvalue weighted by Gasteiger charge is 2.14. The lowest BCUT2D eigenvalue weighted by Crippen LogP contribution is -2.05. The van der Waals surface area contributed by atoms with Crippen LogP contribution in [0.25, 0.3) is 0 Å². The number of hydrogen-bond donors (Lipinski definition) is 0. The summed E-state index contributed by atoms with van der Waals surface area (Å²) in [5.41, 5.74) is 1.03. The number of carbonyl (C=O) groups is 1. The fraction of sp³-hybridized carbons (Fsp3) is 0.300. The molecule has 0 N–H and O–H groups in total. The molecule has 0 amide bonds. The van der Waals surface area contributed by atoms with Gasteiger partial charge in [-0.1, -0.05) is 11.6 Å². The van der Waals surface area contributed by atoms with Gasteiger partial charge in [-0.3, -0.25) is 4.79 Å². The lowest BCUT2D eigenvalue weighted by Gasteiger charge is -2.04. The van der Waals surface area contributed by atoms with E-state index in [-0.39, 0.29) is 5.97 Å². The number of hydrogen-bond acceptors (Lipinski definition) is 2. The fourth-order valence-electron chi connectivity index (χ4n) is 1.44. The summed E-state index contributed by atoms with van der Waals surface area (Å²) in [6.45, 7) is 0.